The molecule has 1 amide bonds. The first-order valence-electron chi connectivity index (χ1n) is 7.60. The third kappa shape index (κ3) is 3.77. The van der Waals surface area contributed by atoms with Gasteiger partial charge in [0.05, 0.1) is 7.05 Å². The Bertz CT molecular complexity index is 917. The number of hydrogen-bond acceptors (Lipinski definition) is 4. The van der Waals surface area contributed by atoms with Gasteiger partial charge in [-0.05, 0) is 46.2 Å². The number of tetrazole rings is 1. The van der Waals surface area contributed by atoms with Crippen molar-refractivity contribution < 1.29 is 9.18 Å². The van der Waals surface area contributed by atoms with Crippen LogP contribution >= 0.6 is 0 Å². The molecule has 0 aliphatic carbocycles. The van der Waals surface area contributed by atoms with Crippen LogP contribution in [0.15, 0.2) is 55.1 Å². The van der Waals surface area contributed by atoms with E-state index in [4.69, 9.17) is 0 Å². The minimum absolute atomic E-state index is 0.263. The summed E-state index contributed by atoms with van der Waals surface area (Å²) in [5.41, 5.74) is 3.35. The monoisotopic (exact) mass is 337 g/mol. The van der Waals surface area contributed by atoms with Crippen molar-refractivity contribution in [3.63, 3.8) is 0 Å². The maximum absolute atomic E-state index is 13.1. The molecule has 0 aliphatic heterocycles. The molecule has 1 heterocycles. The maximum atomic E-state index is 13.1. The number of amides is 1. The highest BCUT2D eigenvalue weighted by molar-refractivity contribution is 5.87. The second kappa shape index (κ2) is 7.04. The molecule has 0 unspecified atom stereocenters. The Morgan fingerprint density at radius 2 is 1.96 bits per heavy atom. The van der Waals surface area contributed by atoms with Crippen LogP contribution < -0.4 is 5.32 Å². The molecule has 1 aromatic heterocycles. The van der Waals surface area contributed by atoms with Gasteiger partial charge in [-0.25, -0.2) is 4.39 Å². The van der Waals surface area contributed by atoms with E-state index >= 15 is 0 Å². The minimum atomic E-state index is -0.289. The van der Waals surface area contributed by atoms with E-state index in [1.165, 1.54) is 23.0 Å². The molecule has 0 fully saturated rings. The molecule has 6 nitrogen and oxygen atoms in total. The number of carbonyl (C=O) groups excluding carboxylic acids is 1. The summed E-state index contributed by atoms with van der Waals surface area (Å²) in [4.78, 5) is 12.8. The third-order valence-corrected chi connectivity index (χ3v) is 3.68. The normalized spacial score (nSPS) is 10.5. The fraction of sp³-hybridized carbons (Fsp3) is 0.111. The standard InChI is InChI=1S/C18H16FN5O/c1-3-17(25)20-11-14-5-4-13(12-6-8-15(19)9-7-12)10-16(14)18-21-23-24(2)22-18/h3-10H,1,11H2,2H3,(H,20,25). The van der Waals surface area contributed by atoms with Gasteiger partial charge in [-0.2, -0.15) is 4.80 Å². The lowest BCUT2D eigenvalue weighted by atomic mass is 9.98. The lowest BCUT2D eigenvalue weighted by Gasteiger charge is -2.10. The number of hydrogen-bond donors (Lipinski definition) is 1. The van der Waals surface area contributed by atoms with Crippen LogP contribution in [0.1, 0.15) is 5.56 Å². The van der Waals surface area contributed by atoms with Gasteiger partial charge in [0.1, 0.15) is 5.82 Å². The zero-order chi connectivity index (χ0) is 17.8. The molecule has 0 radical (unpaired) electrons. The van der Waals surface area contributed by atoms with Crippen molar-refractivity contribution in [3.05, 3.63) is 66.5 Å². The highest BCUT2D eigenvalue weighted by atomic mass is 19.1. The average Bonchev–Trinajstić information content (AvgIpc) is 3.06. The van der Waals surface area contributed by atoms with Crippen molar-refractivity contribution >= 4 is 5.91 Å². The number of halogens is 1. The van der Waals surface area contributed by atoms with Crippen LogP contribution in [0.25, 0.3) is 22.5 Å². The second-order valence-corrected chi connectivity index (χ2v) is 5.40. The van der Waals surface area contributed by atoms with Crippen molar-refractivity contribution in [3.8, 4) is 22.5 Å². The number of nitrogens with one attached hydrogen (secondary N) is 1. The number of aromatic nitrogens is 4. The Hall–Kier alpha value is -3.35. The topological polar surface area (TPSA) is 72.7 Å². The van der Waals surface area contributed by atoms with E-state index in [0.717, 1.165) is 22.3 Å². The SMILES string of the molecule is C=CC(=O)NCc1ccc(-c2ccc(F)cc2)cc1-c1nnn(C)n1. The number of benzene rings is 2. The lowest BCUT2D eigenvalue weighted by Crippen LogP contribution is -2.20. The first kappa shape index (κ1) is 16.5. The predicted molar refractivity (Wildman–Crippen MR) is 91.7 cm³/mol. The van der Waals surface area contributed by atoms with Crippen molar-refractivity contribution in [2.75, 3.05) is 0 Å². The molecule has 3 rings (SSSR count). The summed E-state index contributed by atoms with van der Waals surface area (Å²) in [6.45, 7) is 3.74. The van der Waals surface area contributed by atoms with Gasteiger partial charge in [-0.3, -0.25) is 4.79 Å². The van der Waals surface area contributed by atoms with Crippen LogP contribution in [0.4, 0.5) is 4.39 Å². The van der Waals surface area contributed by atoms with Crippen LogP contribution in [-0.4, -0.2) is 26.1 Å². The average molecular weight is 337 g/mol. The first-order valence-corrected chi connectivity index (χ1v) is 7.60. The Labute approximate surface area is 144 Å². The van der Waals surface area contributed by atoms with Crippen LogP contribution in [0, 0.1) is 5.82 Å². The Balaban J connectivity index is 2.02. The summed E-state index contributed by atoms with van der Waals surface area (Å²) in [6, 6.07) is 11.9. The van der Waals surface area contributed by atoms with Gasteiger partial charge in [-0.1, -0.05) is 30.8 Å². The molecule has 25 heavy (non-hydrogen) atoms. The quantitative estimate of drug-likeness (QED) is 0.726. The van der Waals surface area contributed by atoms with Crippen LogP contribution in [0.5, 0.6) is 0 Å². The Morgan fingerprint density at radius 3 is 2.60 bits per heavy atom. The van der Waals surface area contributed by atoms with Gasteiger partial charge in [0, 0.05) is 12.1 Å². The van der Waals surface area contributed by atoms with Gasteiger partial charge in [-0.15, -0.1) is 10.2 Å². The molecule has 0 spiro atoms. The zero-order valence-corrected chi connectivity index (χ0v) is 13.6. The van der Waals surface area contributed by atoms with E-state index in [1.807, 2.05) is 18.2 Å². The molecule has 0 saturated carbocycles. The Kier molecular flexibility index (Phi) is 4.65. The summed E-state index contributed by atoms with van der Waals surface area (Å²) in [6.07, 6.45) is 1.22. The molecule has 3 aromatic rings. The smallest absolute Gasteiger partial charge is 0.243 e. The molecular weight excluding hydrogens is 321 g/mol. The van der Waals surface area contributed by atoms with Crippen molar-refractivity contribution in [2.24, 2.45) is 7.05 Å². The molecule has 0 saturated heterocycles. The first-order chi connectivity index (χ1) is 12.1. The van der Waals surface area contributed by atoms with Crippen molar-refractivity contribution in [1.82, 2.24) is 25.5 Å². The van der Waals surface area contributed by atoms with Crippen LogP contribution in [-0.2, 0) is 18.4 Å². The van der Waals surface area contributed by atoms with Crippen LogP contribution in [0.2, 0.25) is 0 Å². The summed E-state index contributed by atoms with van der Waals surface area (Å²) in [5, 5.41) is 14.9. The summed E-state index contributed by atoms with van der Waals surface area (Å²) >= 11 is 0. The van der Waals surface area contributed by atoms with Crippen molar-refractivity contribution in [2.45, 2.75) is 6.54 Å². The molecular formula is C18H16FN5O. The van der Waals surface area contributed by atoms with Gasteiger partial charge >= 0.3 is 0 Å². The van der Waals surface area contributed by atoms with Crippen molar-refractivity contribution in [1.29, 1.82) is 0 Å². The molecule has 0 bridgehead atoms. The van der Waals surface area contributed by atoms with Gasteiger partial charge in [0.2, 0.25) is 11.7 Å². The molecule has 7 heteroatoms. The highest BCUT2D eigenvalue weighted by Crippen LogP contribution is 2.28. The lowest BCUT2D eigenvalue weighted by molar-refractivity contribution is -0.116. The van der Waals surface area contributed by atoms with Crippen LogP contribution in [0.3, 0.4) is 0 Å². The summed E-state index contributed by atoms with van der Waals surface area (Å²) in [5.74, 6) is -0.0988. The second-order valence-electron chi connectivity index (χ2n) is 5.40. The number of rotatable bonds is 5. The summed E-state index contributed by atoms with van der Waals surface area (Å²) in [7, 11) is 1.68. The van der Waals surface area contributed by atoms with E-state index in [0.29, 0.717) is 12.4 Å². The number of nitrogens with zero attached hydrogens (tertiary/aromatic N) is 4. The zero-order valence-electron chi connectivity index (χ0n) is 13.6. The van der Waals surface area contributed by atoms with E-state index < -0.39 is 0 Å². The largest absolute Gasteiger partial charge is 0.348 e. The molecule has 0 atom stereocenters. The number of carbonyl (C=O) groups is 1. The van der Waals surface area contributed by atoms with E-state index in [9.17, 15) is 9.18 Å². The maximum Gasteiger partial charge on any atom is 0.243 e. The summed E-state index contributed by atoms with van der Waals surface area (Å²) < 4.78 is 13.1. The van der Waals surface area contributed by atoms with Gasteiger partial charge in [0.25, 0.3) is 0 Å². The van der Waals surface area contributed by atoms with E-state index in [1.54, 1.807) is 19.2 Å². The fourth-order valence-electron chi connectivity index (χ4n) is 2.41. The van der Waals surface area contributed by atoms with Gasteiger partial charge in [0.15, 0.2) is 0 Å². The molecule has 0 aliphatic rings. The number of aryl methyl sites for hydroxylation is 1. The highest BCUT2D eigenvalue weighted by Gasteiger charge is 2.13. The third-order valence-electron chi connectivity index (χ3n) is 3.68. The fourth-order valence-corrected chi connectivity index (χ4v) is 2.41. The molecule has 2 aromatic carbocycles. The Morgan fingerprint density at radius 1 is 1.24 bits per heavy atom. The predicted octanol–water partition coefficient (Wildman–Crippen LogP) is 2.49. The van der Waals surface area contributed by atoms with E-state index in [2.05, 4.69) is 27.3 Å². The minimum Gasteiger partial charge on any atom is -0.348 e. The van der Waals surface area contributed by atoms with Gasteiger partial charge < -0.3 is 5.32 Å². The molecule has 1 N–H and O–H groups in total. The van der Waals surface area contributed by atoms with E-state index in [-0.39, 0.29) is 11.7 Å². The molecule has 126 valence electrons.